The maximum atomic E-state index is 5.41. The third-order valence-corrected chi connectivity index (χ3v) is 11.2. The molecule has 0 bridgehead atoms. The molecule has 5 nitrogen and oxygen atoms in total. The van der Waals surface area contributed by atoms with Gasteiger partial charge in [0.1, 0.15) is 0 Å². The van der Waals surface area contributed by atoms with Gasteiger partial charge in [0.25, 0.3) is 0 Å². The van der Waals surface area contributed by atoms with E-state index >= 15 is 0 Å². The monoisotopic (exact) mass is 687 g/mol. The van der Waals surface area contributed by atoms with E-state index in [-0.39, 0.29) is 0 Å². The van der Waals surface area contributed by atoms with Crippen LogP contribution in [0.2, 0.25) is 0 Å². The number of hydrogen-bond donors (Lipinski definition) is 2. The van der Waals surface area contributed by atoms with Gasteiger partial charge in [-0.15, -0.1) is 0 Å². The predicted molar refractivity (Wildman–Crippen MR) is 222 cm³/mol. The van der Waals surface area contributed by atoms with Crippen molar-refractivity contribution >= 4 is 54.4 Å². The Morgan fingerprint density at radius 3 is 1.41 bits per heavy atom. The molecule has 250 valence electrons. The fraction of sp³-hybridized carbons (Fsp3) is 0. The Hall–Kier alpha value is -7.37. The smallest absolute Gasteiger partial charge is 0.164 e. The molecule has 8 aromatic carbocycles. The van der Waals surface area contributed by atoms with Crippen LogP contribution in [0.4, 0.5) is 0 Å². The first-order valence-electron chi connectivity index (χ1n) is 18.3. The summed E-state index contributed by atoms with van der Waals surface area (Å²) in [7, 11) is 0. The van der Waals surface area contributed by atoms with Crippen molar-refractivity contribution in [2.24, 2.45) is 0 Å². The SMILES string of the molecule is c1ccc(-c2cccc3[nH]c4ccccc4c23)c(-c2nc(-c3cccc4c3-c3cccc5cccc-4c35)nc(-c3cccc4[nH]c5ccccc5c34)n2)c1. The second-order valence-electron chi connectivity index (χ2n) is 14.1. The van der Waals surface area contributed by atoms with Gasteiger partial charge < -0.3 is 9.97 Å². The summed E-state index contributed by atoms with van der Waals surface area (Å²) in [6, 6.07) is 57.9. The quantitative estimate of drug-likeness (QED) is 0.193. The summed E-state index contributed by atoms with van der Waals surface area (Å²) in [5.41, 5.74) is 14.3. The Balaban J connectivity index is 1.16. The second kappa shape index (κ2) is 11.1. The highest BCUT2D eigenvalue weighted by atomic mass is 15.0. The summed E-state index contributed by atoms with van der Waals surface area (Å²) in [4.78, 5) is 23.4. The van der Waals surface area contributed by atoms with Gasteiger partial charge in [0.15, 0.2) is 17.5 Å². The normalized spacial score (nSPS) is 12.1. The van der Waals surface area contributed by atoms with Gasteiger partial charge in [-0.25, -0.2) is 15.0 Å². The Bertz CT molecular complexity index is 3340. The molecule has 0 radical (unpaired) electrons. The van der Waals surface area contributed by atoms with Crippen molar-refractivity contribution in [3.05, 3.63) is 164 Å². The minimum absolute atomic E-state index is 0.630. The fourth-order valence-electron chi connectivity index (χ4n) is 8.89. The summed E-state index contributed by atoms with van der Waals surface area (Å²) in [5, 5.41) is 7.12. The van der Waals surface area contributed by atoms with E-state index in [0.717, 1.165) is 66.2 Å². The largest absolute Gasteiger partial charge is 0.354 e. The first-order valence-corrected chi connectivity index (χ1v) is 18.3. The van der Waals surface area contributed by atoms with Gasteiger partial charge in [-0.05, 0) is 62.9 Å². The van der Waals surface area contributed by atoms with E-state index < -0.39 is 0 Å². The third kappa shape index (κ3) is 4.12. The van der Waals surface area contributed by atoms with E-state index in [4.69, 9.17) is 15.0 Å². The highest BCUT2D eigenvalue weighted by Crippen LogP contribution is 2.51. The first-order chi connectivity index (χ1) is 26.8. The molecule has 0 aliphatic heterocycles. The zero-order valence-corrected chi connectivity index (χ0v) is 28.9. The second-order valence-corrected chi connectivity index (χ2v) is 14.1. The van der Waals surface area contributed by atoms with Crippen LogP contribution in [0.5, 0.6) is 0 Å². The van der Waals surface area contributed by atoms with Crippen LogP contribution >= 0.6 is 0 Å². The van der Waals surface area contributed by atoms with Crippen LogP contribution in [-0.2, 0) is 0 Å². The highest BCUT2D eigenvalue weighted by Gasteiger charge is 2.27. The van der Waals surface area contributed by atoms with Crippen molar-refractivity contribution in [3.8, 4) is 67.5 Å². The summed E-state index contributed by atoms with van der Waals surface area (Å²) in [5.74, 6) is 1.91. The van der Waals surface area contributed by atoms with Crippen molar-refractivity contribution < 1.29 is 0 Å². The van der Waals surface area contributed by atoms with E-state index in [2.05, 4.69) is 174 Å². The lowest BCUT2D eigenvalue weighted by Gasteiger charge is -2.15. The van der Waals surface area contributed by atoms with Crippen molar-refractivity contribution in [2.45, 2.75) is 0 Å². The standard InChI is InChI=1S/C49H29N5/c1-2-15-33(29(14-1)30-20-10-26-41-45(30)34-16-3-5-24-39(34)50-41)47-52-48(37-22-9-19-32-31-18-7-12-28-13-8-21-36(43(28)31)44(32)37)54-49(53-47)38-23-11-27-42-46(38)35-17-4-6-25-40(35)51-42/h1-27,50-51H. The van der Waals surface area contributed by atoms with E-state index in [0.29, 0.717) is 17.5 Å². The molecule has 3 aromatic heterocycles. The van der Waals surface area contributed by atoms with Crippen molar-refractivity contribution in [3.63, 3.8) is 0 Å². The van der Waals surface area contributed by atoms with Crippen LogP contribution in [-0.4, -0.2) is 24.9 Å². The zero-order chi connectivity index (χ0) is 35.3. The van der Waals surface area contributed by atoms with Gasteiger partial charge in [0.05, 0.1) is 0 Å². The van der Waals surface area contributed by atoms with Crippen molar-refractivity contribution in [1.29, 1.82) is 0 Å². The molecule has 2 N–H and O–H groups in total. The lowest BCUT2D eigenvalue weighted by atomic mass is 9.94. The molecule has 11 aromatic rings. The Labute approximate surface area is 309 Å². The molecular weight excluding hydrogens is 659 g/mol. The van der Waals surface area contributed by atoms with Crippen LogP contribution < -0.4 is 0 Å². The van der Waals surface area contributed by atoms with Gasteiger partial charge in [-0.2, -0.15) is 0 Å². The van der Waals surface area contributed by atoms with E-state index in [1.54, 1.807) is 0 Å². The Morgan fingerprint density at radius 1 is 0.278 bits per heavy atom. The number of hydrogen-bond acceptors (Lipinski definition) is 3. The highest BCUT2D eigenvalue weighted by molar-refractivity contribution is 6.19. The number of benzene rings is 8. The van der Waals surface area contributed by atoms with Crippen LogP contribution in [0.3, 0.4) is 0 Å². The number of aromatic nitrogens is 5. The topological polar surface area (TPSA) is 70.2 Å². The molecule has 0 amide bonds. The van der Waals surface area contributed by atoms with Crippen LogP contribution in [0.1, 0.15) is 0 Å². The van der Waals surface area contributed by atoms with Crippen LogP contribution in [0.25, 0.3) is 122 Å². The summed E-state index contributed by atoms with van der Waals surface area (Å²) in [6.07, 6.45) is 0. The number of nitrogens with one attached hydrogen (secondary N) is 2. The van der Waals surface area contributed by atoms with Gasteiger partial charge in [-0.1, -0.05) is 140 Å². The number of aromatic amines is 2. The molecule has 12 rings (SSSR count). The molecule has 0 saturated carbocycles. The molecular formula is C49H29N5. The molecule has 5 heteroatoms. The van der Waals surface area contributed by atoms with Gasteiger partial charge in [0.2, 0.25) is 0 Å². The minimum atomic E-state index is 0.630. The molecule has 54 heavy (non-hydrogen) atoms. The lowest BCUT2D eigenvalue weighted by Crippen LogP contribution is -2.02. The molecule has 1 aliphatic rings. The first kappa shape index (κ1) is 29.2. The van der Waals surface area contributed by atoms with Crippen molar-refractivity contribution in [2.75, 3.05) is 0 Å². The third-order valence-electron chi connectivity index (χ3n) is 11.2. The molecule has 0 fully saturated rings. The summed E-state index contributed by atoms with van der Waals surface area (Å²) < 4.78 is 0. The number of H-pyrrole nitrogens is 2. The Kier molecular flexibility index (Phi) is 5.99. The fourth-order valence-corrected chi connectivity index (χ4v) is 8.89. The maximum absolute atomic E-state index is 5.41. The molecule has 3 heterocycles. The Morgan fingerprint density at radius 2 is 0.704 bits per heavy atom. The number of rotatable bonds is 4. The van der Waals surface area contributed by atoms with E-state index in [9.17, 15) is 0 Å². The van der Waals surface area contributed by atoms with E-state index in [1.807, 2.05) is 0 Å². The summed E-state index contributed by atoms with van der Waals surface area (Å²) >= 11 is 0. The molecule has 0 atom stereocenters. The average Bonchev–Trinajstić information content (AvgIpc) is 3.91. The number of nitrogens with zero attached hydrogens (tertiary/aromatic N) is 3. The number of para-hydroxylation sites is 2. The lowest BCUT2D eigenvalue weighted by molar-refractivity contribution is 1.08. The maximum Gasteiger partial charge on any atom is 0.164 e. The van der Waals surface area contributed by atoms with Gasteiger partial charge >= 0.3 is 0 Å². The van der Waals surface area contributed by atoms with Gasteiger partial charge in [0, 0.05) is 65.9 Å². The van der Waals surface area contributed by atoms with Crippen molar-refractivity contribution in [1.82, 2.24) is 24.9 Å². The van der Waals surface area contributed by atoms with E-state index in [1.165, 1.54) is 38.2 Å². The minimum Gasteiger partial charge on any atom is -0.354 e. The molecule has 0 saturated heterocycles. The number of fused-ring (bicyclic) bond motifs is 9. The molecule has 0 unspecified atom stereocenters. The zero-order valence-electron chi connectivity index (χ0n) is 28.9. The molecule has 0 spiro atoms. The average molecular weight is 688 g/mol. The molecule has 1 aliphatic carbocycles. The summed E-state index contributed by atoms with van der Waals surface area (Å²) in [6.45, 7) is 0. The predicted octanol–water partition coefficient (Wildman–Crippen LogP) is 12.6. The van der Waals surface area contributed by atoms with Crippen LogP contribution in [0, 0.1) is 0 Å². The van der Waals surface area contributed by atoms with Gasteiger partial charge in [-0.3, -0.25) is 0 Å². The van der Waals surface area contributed by atoms with Crippen LogP contribution in [0.15, 0.2) is 164 Å².